The molecule has 2 heteroatoms. The Morgan fingerprint density at radius 2 is 1.88 bits per heavy atom. The molecule has 0 amide bonds. The average molecular weight is 218 g/mol. The standard InChI is InChI=1S/C14H18O2/c1-4-14(2,3)12-8-5-11(6-9-12)7-10-13(15)16/h5-10H,4H2,1-3H3,(H,15,16). The molecule has 0 radical (unpaired) electrons. The molecule has 1 N–H and O–H groups in total. The van der Waals surface area contributed by atoms with Crippen molar-refractivity contribution in [2.75, 3.05) is 0 Å². The highest BCUT2D eigenvalue weighted by Crippen LogP contribution is 2.26. The van der Waals surface area contributed by atoms with Crippen molar-refractivity contribution in [1.82, 2.24) is 0 Å². The van der Waals surface area contributed by atoms with Crippen LogP contribution in [0, 0.1) is 0 Å². The number of carboxylic acids is 1. The lowest BCUT2D eigenvalue weighted by Gasteiger charge is -2.23. The quantitative estimate of drug-likeness (QED) is 0.786. The molecule has 0 aliphatic carbocycles. The largest absolute Gasteiger partial charge is 0.478 e. The third kappa shape index (κ3) is 3.23. The fraction of sp³-hybridized carbons (Fsp3) is 0.357. The summed E-state index contributed by atoms with van der Waals surface area (Å²) in [7, 11) is 0. The monoisotopic (exact) mass is 218 g/mol. The first-order chi connectivity index (χ1) is 7.45. The van der Waals surface area contributed by atoms with E-state index in [4.69, 9.17) is 5.11 Å². The molecule has 0 heterocycles. The van der Waals surface area contributed by atoms with Crippen molar-refractivity contribution in [2.45, 2.75) is 32.6 Å². The number of aliphatic carboxylic acids is 1. The lowest BCUT2D eigenvalue weighted by molar-refractivity contribution is -0.131. The number of rotatable bonds is 4. The van der Waals surface area contributed by atoms with E-state index in [1.165, 1.54) is 5.56 Å². The Morgan fingerprint density at radius 1 is 1.31 bits per heavy atom. The van der Waals surface area contributed by atoms with Crippen molar-refractivity contribution in [3.05, 3.63) is 41.5 Å². The van der Waals surface area contributed by atoms with Crippen LogP contribution in [0.15, 0.2) is 30.3 Å². The van der Waals surface area contributed by atoms with Crippen molar-refractivity contribution in [2.24, 2.45) is 0 Å². The van der Waals surface area contributed by atoms with Crippen molar-refractivity contribution in [3.63, 3.8) is 0 Å². The highest BCUT2D eigenvalue weighted by Gasteiger charge is 2.16. The molecule has 0 aliphatic rings. The second-order valence-corrected chi connectivity index (χ2v) is 4.53. The molecule has 0 spiro atoms. The van der Waals surface area contributed by atoms with Gasteiger partial charge in [0.05, 0.1) is 0 Å². The summed E-state index contributed by atoms with van der Waals surface area (Å²) in [4.78, 5) is 10.4. The maximum absolute atomic E-state index is 10.4. The third-order valence-electron chi connectivity index (χ3n) is 2.99. The van der Waals surface area contributed by atoms with Gasteiger partial charge < -0.3 is 5.11 Å². The van der Waals surface area contributed by atoms with Crippen LogP contribution in [-0.2, 0) is 10.2 Å². The predicted molar refractivity (Wildman–Crippen MR) is 66.4 cm³/mol. The van der Waals surface area contributed by atoms with Crippen LogP contribution in [0.1, 0.15) is 38.3 Å². The maximum atomic E-state index is 10.4. The van der Waals surface area contributed by atoms with Gasteiger partial charge in [0.15, 0.2) is 0 Å². The van der Waals surface area contributed by atoms with Gasteiger partial charge in [-0.15, -0.1) is 0 Å². The fourth-order valence-corrected chi connectivity index (χ4v) is 1.42. The molecule has 0 unspecified atom stereocenters. The number of carbonyl (C=O) groups is 1. The lowest BCUT2D eigenvalue weighted by atomic mass is 9.82. The number of benzene rings is 1. The Labute approximate surface area is 96.6 Å². The Kier molecular flexibility index (Phi) is 3.88. The van der Waals surface area contributed by atoms with Gasteiger partial charge in [-0.1, -0.05) is 45.0 Å². The van der Waals surface area contributed by atoms with Crippen LogP contribution >= 0.6 is 0 Å². The zero-order chi connectivity index (χ0) is 12.2. The first-order valence-electron chi connectivity index (χ1n) is 5.47. The molecule has 1 aromatic rings. The molecule has 1 rings (SSSR count). The minimum Gasteiger partial charge on any atom is -0.478 e. The lowest BCUT2D eigenvalue weighted by Crippen LogP contribution is -2.14. The molecule has 0 fully saturated rings. The summed E-state index contributed by atoms with van der Waals surface area (Å²) < 4.78 is 0. The smallest absolute Gasteiger partial charge is 0.328 e. The number of hydrogen-bond donors (Lipinski definition) is 1. The van der Waals surface area contributed by atoms with Crippen LogP contribution in [-0.4, -0.2) is 11.1 Å². The minimum absolute atomic E-state index is 0.176. The average Bonchev–Trinajstić information content (AvgIpc) is 2.27. The van der Waals surface area contributed by atoms with Gasteiger partial charge in [0.1, 0.15) is 0 Å². The molecule has 16 heavy (non-hydrogen) atoms. The summed E-state index contributed by atoms with van der Waals surface area (Å²) in [5, 5.41) is 8.51. The minimum atomic E-state index is -0.919. The van der Waals surface area contributed by atoms with Crippen LogP contribution in [0.25, 0.3) is 6.08 Å². The van der Waals surface area contributed by atoms with E-state index in [1.54, 1.807) is 6.08 Å². The van der Waals surface area contributed by atoms with Crippen LogP contribution in [0.4, 0.5) is 0 Å². The molecule has 0 aliphatic heterocycles. The number of hydrogen-bond acceptors (Lipinski definition) is 1. The summed E-state index contributed by atoms with van der Waals surface area (Å²) >= 11 is 0. The second-order valence-electron chi connectivity index (χ2n) is 4.53. The van der Waals surface area contributed by atoms with E-state index in [2.05, 4.69) is 32.9 Å². The zero-order valence-corrected chi connectivity index (χ0v) is 10.0. The van der Waals surface area contributed by atoms with E-state index >= 15 is 0 Å². The summed E-state index contributed by atoms with van der Waals surface area (Å²) in [5.41, 5.74) is 2.37. The molecular formula is C14H18O2. The van der Waals surface area contributed by atoms with Crippen LogP contribution < -0.4 is 0 Å². The zero-order valence-electron chi connectivity index (χ0n) is 10.0. The van der Waals surface area contributed by atoms with Gasteiger partial charge in [-0.2, -0.15) is 0 Å². The Morgan fingerprint density at radius 3 is 2.31 bits per heavy atom. The van der Waals surface area contributed by atoms with Gasteiger partial charge in [0.2, 0.25) is 0 Å². The molecule has 1 aromatic carbocycles. The molecule has 2 nitrogen and oxygen atoms in total. The van der Waals surface area contributed by atoms with Crippen molar-refractivity contribution >= 4 is 12.0 Å². The maximum Gasteiger partial charge on any atom is 0.328 e. The van der Waals surface area contributed by atoms with Gasteiger partial charge in [0.25, 0.3) is 0 Å². The van der Waals surface area contributed by atoms with Crippen LogP contribution in [0.2, 0.25) is 0 Å². The SMILES string of the molecule is CCC(C)(C)c1ccc(C=CC(=O)O)cc1. The van der Waals surface area contributed by atoms with Crippen molar-refractivity contribution in [3.8, 4) is 0 Å². The molecule has 0 saturated heterocycles. The van der Waals surface area contributed by atoms with Crippen molar-refractivity contribution < 1.29 is 9.90 Å². The first kappa shape index (κ1) is 12.5. The van der Waals surface area contributed by atoms with Gasteiger partial charge in [-0.3, -0.25) is 0 Å². The highest BCUT2D eigenvalue weighted by atomic mass is 16.4. The van der Waals surface area contributed by atoms with E-state index in [0.717, 1.165) is 18.1 Å². The molecule has 0 bridgehead atoms. The molecule has 0 aromatic heterocycles. The fourth-order valence-electron chi connectivity index (χ4n) is 1.42. The molecular weight excluding hydrogens is 200 g/mol. The van der Waals surface area contributed by atoms with Gasteiger partial charge >= 0.3 is 5.97 Å². The van der Waals surface area contributed by atoms with Gasteiger partial charge in [-0.05, 0) is 29.0 Å². The third-order valence-corrected chi connectivity index (χ3v) is 2.99. The van der Waals surface area contributed by atoms with E-state index in [1.807, 2.05) is 12.1 Å². The number of carboxylic acid groups (broad SMARTS) is 1. The second kappa shape index (κ2) is 4.97. The topological polar surface area (TPSA) is 37.3 Å². The van der Waals surface area contributed by atoms with Crippen molar-refractivity contribution in [1.29, 1.82) is 0 Å². The summed E-state index contributed by atoms with van der Waals surface area (Å²) in [6, 6.07) is 8.02. The predicted octanol–water partition coefficient (Wildman–Crippen LogP) is 3.47. The Bertz CT molecular complexity index is 386. The van der Waals surface area contributed by atoms with E-state index < -0.39 is 5.97 Å². The summed E-state index contributed by atoms with van der Waals surface area (Å²) in [5.74, 6) is -0.919. The highest BCUT2D eigenvalue weighted by molar-refractivity contribution is 5.85. The van der Waals surface area contributed by atoms with Crippen LogP contribution in [0.5, 0.6) is 0 Å². The summed E-state index contributed by atoms with van der Waals surface area (Å²) in [6.07, 6.45) is 3.84. The van der Waals surface area contributed by atoms with Gasteiger partial charge in [-0.25, -0.2) is 4.79 Å². The molecule has 0 atom stereocenters. The Balaban J connectivity index is 2.87. The molecule has 86 valence electrons. The normalized spacial score (nSPS) is 11.9. The molecule has 0 saturated carbocycles. The van der Waals surface area contributed by atoms with E-state index in [9.17, 15) is 4.79 Å². The summed E-state index contributed by atoms with van der Waals surface area (Å²) in [6.45, 7) is 6.57. The van der Waals surface area contributed by atoms with E-state index in [0.29, 0.717) is 0 Å². The first-order valence-corrected chi connectivity index (χ1v) is 5.47. The van der Waals surface area contributed by atoms with Gasteiger partial charge in [0, 0.05) is 6.08 Å². The van der Waals surface area contributed by atoms with Crippen LogP contribution in [0.3, 0.4) is 0 Å². The van der Waals surface area contributed by atoms with E-state index in [-0.39, 0.29) is 5.41 Å². The Hall–Kier alpha value is -1.57.